The molecule has 3 nitrogen and oxygen atoms in total. The number of methoxy groups -OCH3 is 1. The number of fused-ring (bicyclic) bond motifs is 1. The molecule has 3 rings (SSSR count). The first kappa shape index (κ1) is 11.6. The second-order valence-electron chi connectivity index (χ2n) is 5.20. The van der Waals surface area contributed by atoms with Crippen LogP contribution in [0.4, 0.5) is 0 Å². The van der Waals surface area contributed by atoms with Crippen LogP contribution in [0.5, 0.6) is 5.75 Å². The van der Waals surface area contributed by atoms with Crippen LogP contribution in [0.15, 0.2) is 28.9 Å². The van der Waals surface area contributed by atoms with E-state index in [0.717, 1.165) is 35.1 Å². The van der Waals surface area contributed by atoms with Gasteiger partial charge in [0.25, 0.3) is 0 Å². The first-order valence-corrected chi connectivity index (χ1v) is 6.58. The van der Waals surface area contributed by atoms with Crippen LogP contribution in [0.1, 0.15) is 37.7 Å². The van der Waals surface area contributed by atoms with E-state index in [1.165, 1.54) is 19.3 Å². The largest absolute Gasteiger partial charge is 0.493 e. The van der Waals surface area contributed by atoms with Crippen LogP contribution in [-0.4, -0.2) is 7.11 Å². The van der Waals surface area contributed by atoms with Gasteiger partial charge in [-0.2, -0.15) is 0 Å². The van der Waals surface area contributed by atoms with Gasteiger partial charge < -0.3 is 14.9 Å². The minimum atomic E-state index is -0.226. The van der Waals surface area contributed by atoms with Crippen molar-refractivity contribution in [2.24, 2.45) is 5.73 Å². The zero-order chi connectivity index (χ0) is 12.6. The topological polar surface area (TPSA) is 48.4 Å². The summed E-state index contributed by atoms with van der Waals surface area (Å²) < 4.78 is 11.0. The van der Waals surface area contributed by atoms with Crippen molar-refractivity contribution in [3.8, 4) is 5.75 Å². The second-order valence-corrected chi connectivity index (χ2v) is 5.20. The van der Waals surface area contributed by atoms with Gasteiger partial charge in [-0.3, -0.25) is 0 Å². The fourth-order valence-corrected chi connectivity index (χ4v) is 3.03. The predicted octanol–water partition coefficient (Wildman–Crippen LogP) is 3.56. The first-order valence-electron chi connectivity index (χ1n) is 6.58. The van der Waals surface area contributed by atoms with Gasteiger partial charge in [-0.05, 0) is 18.9 Å². The molecule has 96 valence electrons. The van der Waals surface area contributed by atoms with Crippen molar-refractivity contribution in [1.82, 2.24) is 0 Å². The Morgan fingerprint density at radius 2 is 2.00 bits per heavy atom. The molecule has 1 aliphatic rings. The van der Waals surface area contributed by atoms with Crippen molar-refractivity contribution in [1.29, 1.82) is 0 Å². The number of furan rings is 1. The molecule has 0 spiro atoms. The maximum Gasteiger partial charge on any atom is 0.176 e. The van der Waals surface area contributed by atoms with Gasteiger partial charge >= 0.3 is 0 Å². The molecule has 1 aromatic carbocycles. The molecule has 0 radical (unpaired) electrons. The van der Waals surface area contributed by atoms with Crippen molar-refractivity contribution in [2.75, 3.05) is 7.11 Å². The van der Waals surface area contributed by atoms with E-state index in [4.69, 9.17) is 14.9 Å². The van der Waals surface area contributed by atoms with E-state index in [9.17, 15) is 0 Å². The number of benzene rings is 1. The molecule has 0 aliphatic heterocycles. The molecule has 0 saturated heterocycles. The Balaban J connectivity index is 2.12. The Kier molecular flexibility index (Phi) is 2.78. The monoisotopic (exact) mass is 245 g/mol. The molecular weight excluding hydrogens is 226 g/mol. The average Bonchev–Trinajstić information content (AvgIpc) is 2.84. The maximum absolute atomic E-state index is 6.58. The van der Waals surface area contributed by atoms with E-state index in [2.05, 4.69) is 6.07 Å². The molecule has 1 saturated carbocycles. The molecule has 1 aliphatic carbocycles. The summed E-state index contributed by atoms with van der Waals surface area (Å²) in [7, 11) is 1.66. The van der Waals surface area contributed by atoms with Crippen molar-refractivity contribution < 1.29 is 9.15 Å². The predicted molar refractivity (Wildman–Crippen MR) is 71.7 cm³/mol. The third-order valence-corrected chi connectivity index (χ3v) is 4.07. The third-order valence-electron chi connectivity index (χ3n) is 4.07. The van der Waals surface area contributed by atoms with Crippen LogP contribution in [0.3, 0.4) is 0 Å². The minimum absolute atomic E-state index is 0.226. The summed E-state index contributed by atoms with van der Waals surface area (Å²) in [5.74, 6) is 0.776. The minimum Gasteiger partial charge on any atom is -0.493 e. The average molecular weight is 245 g/mol. The Morgan fingerprint density at radius 3 is 2.72 bits per heavy atom. The zero-order valence-corrected chi connectivity index (χ0v) is 10.7. The fraction of sp³-hybridized carbons (Fsp3) is 0.467. The highest BCUT2D eigenvalue weighted by Crippen LogP contribution is 2.40. The lowest BCUT2D eigenvalue weighted by Crippen LogP contribution is -2.38. The highest BCUT2D eigenvalue weighted by molar-refractivity contribution is 5.87. The van der Waals surface area contributed by atoms with Gasteiger partial charge in [0.2, 0.25) is 0 Å². The molecule has 2 aromatic rings. The lowest BCUT2D eigenvalue weighted by atomic mass is 9.77. The van der Waals surface area contributed by atoms with Crippen LogP contribution in [0, 0.1) is 0 Å². The number of hydrogen-bond acceptors (Lipinski definition) is 3. The van der Waals surface area contributed by atoms with E-state index in [1.807, 2.05) is 18.4 Å². The summed E-state index contributed by atoms with van der Waals surface area (Å²) in [5.41, 5.74) is 8.30. The van der Waals surface area contributed by atoms with Crippen molar-refractivity contribution in [2.45, 2.75) is 37.6 Å². The van der Waals surface area contributed by atoms with Crippen LogP contribution >= 0.6 is 0 Å². The van der Waals surface area contributed by atoms with Gasteiger partial charge in [0.05, 0.1) is 13.4 Å². The lowest BCUT2D eigenvalue weighted by Gasteiger charge is -2.32. The highest BCUT2D eigenvalue weighted by atomic mass is 16.5. The van der Waals surface area contributed by atoms with E-state index in [1.54, 1.807) is 7.11 Å². The molecule has 3 heteroatoms. The Morgan fingerprint density at radius 1 is 1.22 bits per heavy atom. The summed E-state index contributed by atoms with van der Waals surface area (Å²) in [4.78, 5) is 0. The zero-order valence-electron chi connectivity index (χ0n) is 10.7. The fourth-order valence-electron chi connectivity index (χ4n) is 3.03. The molecule has 2 N–H and O–H groups in total. The molecule has 1 fully saturated rings. The van der Waals surface area contributed by atoms with Gasteiger partial charge in [-0.15, -0.1) is 0 Å². The summed E-state index contributed by atoms with van der Waals surface area (Å²) in [6.07, 6.45) is 7.59. The number of hydrogen-bond donors (Lipinski definition) is 1. The second kappa shape index (κ2) is 4.32. The molecule has 0 unspecified atom stereocenters. The number of rotatable bonds is 2. The Labute approximate surface area is 107 Å². The van der Waals surface area contributed by atoms with Gasteiger partial charge in [-0.25, -0.2) is 0 Å². The van der Waals surface area contributed by atoms with Crippen LogP contribution < -0.4 is 10.5 Å². The Hall–Kier alpha value is -1.48. The van der Waals surface area contributed by atoms with Crippen molar-refractivity contribution >= 4 is 11.0 Å². The standard InChI is InChI=1S/C15H19NO2/c1-17-13-7-5-6-11-12(10-18-14(11)13)15(16)8-3-2-4-9-15/h5-7,10H,2-4,8-9,16H2,1H3. The molecule has 18 heavy (non-hydrogen) atoms. The molecular formula is C15H19NO2. The SMILES string of the molecule is COc1cccc2c(C3(N)CCCCC3)coc12. The van der Waals surface area contributed by atoms with E-state index in [0.29, 0.717) is 0 Å². The summed E-state index contributed by atoms with van der Waals surface area (Å²) in [6.45, 7) is 0. The third kappa shape index (κ3) is 1.70. The first-order chi connectivity index (χ1) is 8.74. The van der Waals surface area contributed by atoms with Crippen LogP contribution in [-0.2, 0) is 5.54 Å². The van der Waals surface area contributed by atoms with Gasteiger partial charge in [0.15, 0.2) is 11.3 Å². The maximum atomic E-state index is 6.58. The summed E-state index contributed by atoms with van der Waals surface area (Å²) in [6, 6.07) is 5.98. The van der Waals surface area contributed by atoms with Crippen molar-refractivity contribution in [3.63, 3.8) is 0 Å². The van der Waals surface area contributed by atoms with Crippen molar-refractivity contribution in [3.05, 3.63) is 30.0 Å². The van der Waals surface area contributed by atoms with E-state index >= 15 is 0 Å². The number of para-hydroxylation sites is 1. The summed E-state index contributed by atoms with van der Waals surface area (Å²) in [5, 5.41) is 1.10. The van der Waals surface area contributed by atoms with E-state index < -0.39 is 0 Å². The molecule has 1 heterocycles. The summed E-state index contributed by atoms with van der Waals surface area (Å²) >= 11 is 0. The lowest BCUT2D eigenvalue weighted by molar-refractivity contribution is 0.302. The Bertz CT molecular complexity index is 553. The quantitative estimate of drug-likeness (QED) is 0.880. The van der Waals surface area contributed by atoms with E-state index in [-0.39, 0.29) is 5.54 Å². The van der Waals surface area contributed by atoms with Gasteiger partial charge in [-0.1, -0.05) is 31.4 Å². The highest BCUT2D eigenvalue weighted by Gasteiger charge is 2.32. The smallest absolute Gasteiger partial charge is 0.176 e. The van der Waals surface area contributed by atoms with Gasteiger partial charge in [0.1, 0.15) is 0 Å². The number of nitrogens with two attached hydrogens (primary N) is 1. The normalized spacial score (nSPS) is 19.0. The van der Waals surface area contributed by atoms with Gasteiger partial charge in [0, 0.05) is 16.5 Å². The number of ether oxygens (including phenoxy) is 1. The molecule has 0 amide bonds. The van der Waals surface area contributed by atoms with Crippen LogP contribution in [0.25, 0.3) is 11.0 Å². The molecule has 1 aromatic heterocycles. The molecule has 0 bridgehead atoms. The van der Waals surface area contributed by atoms with Crippen LogP contribution in [0.2, 0.25) is 0 Å². The molecule has 0 atom stereocenters.